The Balaban J connectivity index is 2.40. The van der Waals surface area contributed by atoms with Crippen molar-refractivity contribution < 1.29 is 4.79 Å². The van der Waals surface area contributed by atoms with Gasteiger partial charge in [-0.15, -0.1) is 0 Å². The standard InChI is InChI=1S/C14H19NO/c1-11(16)15-10-4-5-12-6-8-14(2,3)9-7-13(12)15/h6-9H,4-5,10H2,1-3H3. The molecule has 16 heavy (non-hydrogen) atoms. The summed E-state index contributed by atoms with van der Waals surface area (Å²) >= 11 is 0. The van der Waals surface area contributed by atoms with E-state index in [1.165, 1.54) is 5.57 Å². The smallest absolute Gasteiger partial charge is 0.223 e. The van der Waals surface area contributed by atoms with Gasteiger partial charge in [-0.05, 0) is 24.5 Å². The third-order valence-electron chi connectivity index (χ3n) is 3.21. The summed E-state index contributed by atoms with van der Waals surface area (Å²) in [4.78, 5) is 13.5. The lowest BCUT2D eigenvalue weighted by Crippen LogP contribution is -2.31. The van der Waals surface area contributed by atoms with E-state index in [4.69, 9.17) is 0 Å². The van der Waals surface area contributed by atoms with Crippen LogP contribution in [-0.2, 0) is 4.79 Å². The van der Waals surface area contributed by atoms with Gasteiger partial charge in [-0.2, -0.15) is 0 Å². The number of carbonyl (C=O) groups excluding carboxylic acids is 1. The Morgan fingerprint density at radius 3 is 2.69 bits per heavy atom. The summed E-state index contributed by atoms with van der Waals surface area (Å²) in [6.07, 6.45) is 10.8. The molecule has 0 radical (unpaired) electrons. The molecule has 1 aliphatic heterocycles. The number of carbonyl (C=O) groups is 1. The topological polar surface area (TPSA) is 20.3 Å². The molecule has 1 aliphatic carbocycles. The minimum Gasteiger partial charge on any atom is -0.312 e. The highest BCUT2D eigenvalue weighted by molar-refractivity contribution is 5.76. The van der Waals surface area contributed by atoms with E-state index < -0.39 is 0 Å². The second-order valence-corrected chi connectivity index (χ2v) is 5.17. The third kappa shape index (κ3) is 2.11. The van der Waals surface area contributed by atoms with E-state index in [1.807, 2.05) is 4.90 Å². The van der Waals surface area contributed by atoms with E-state index in [1.54, 1.807) is 6.92 Å². The largest absolute Gasteiger partial charge is 0.312 e. The van der Waals surface area contributed by atoms with Crippen LogP contribution in [-0.4, -0.2) is 17.4 Å². The highest BCUT2D eigenvalue weighted by Gasteiger charge is 2.22. The fraction of sp³-hybridized carbons (Fsp3) is 0.500. The normalized spacial score (nSPS) is 23.1. The van der Waals surface area contributed by atoms with Gasteiger partial charge in [0.25, 0.3) is 0 Å². The van der Waals surface area contributed by atoms with Crippen LogP contribution in [0.1, 0.15) is 33.6 Å². The molecule has 0 fully saturated rings. The van der Waals surface area contributed by atoms with Crippen LogP contribution in [0.2, 0.25) is 0 Å². The van der Waals surface area contributed by atoms with Gasteiger partial charge in [0.2, 0.25) is 5.91 Å². The first kappa shape index (κ1) is 11.2. The molecule has 1 amide bonds. The van der Waals surface area contributed by atoms with Crippen molar-refractivity contribution in [2.45, 2.75) is 33.6 Å². The van der Waals surface area contributed by atoms with Gasteiger partial charge in [0.05, 0.1) is 0 Å². The molecule has 2 heteroatoms. The predicted molar refractivity (Wildman–Crippen MR) is 65.7 cm³/mol. The van der Waals surface area contributed by atoms with E-state index >= 15 is 0 Å². The maximum absolute atomic E-state index is 11.6. The number of hydrogen-bond donors (Lipinski definition) is 0. The van der Waals surface area contributed by atoms with Crippen LogP contribution in [0.5, 0.6) is 0 Å². The predicted octanol–water partition coefficient (Wildman–Crippen LogP) is 3.04. The Morgan fingerprint density at radius 2 is 2.00 bits per heavy atom. The summed E-state index contributed by atoms with van der Waals surface area (Å²) in [7, 11) is 0. The van der Waals surface area contributed by atoms with Crippen LogP contribution in [0.25, 0.3) is 0 Å². The van der Waals surface area contributed by atoms with Gasteiger partial charge in [-0.3, -0.25) is 4.79 Å². The van der Waals surface area contributed by atoms with Gasteiger partial charge in [0.15, 0.2) is 0 Å². The van der Waals surface area contributed by atoms with Gasteiger partial charge in [0, 0.05) is 24.6 Å². The second kappa shape index (κ2) is 3.93. The lowest BCUT2D eigenvalue weighted by molar-refractivity contribution is -0.127. The Hall–Kier alpha value is -1.31. The summed E-state index contributed by atoms with van der Waals surface area (Å²) in [5.41, 5.74) is 2.48. The van der Waals surface area contributed by atoms with Crippen LogP contribution in [0, 0.1) is 5.41 Å². The van der Waals surface area contributed by atoms with Crippen molar-refractivity contribution in [1.29, 1.82) is 0 Å². The Morgan fingerprint density at radius 1 is 1.31 bits per heavy atom. The first-order chi connectivity index (χ1) is 7.49. The van der Waals surface area contributed by atoms with Crippen LogP contribution in [0.3, 0.4) is 0 Å². The molecule has 1 heterocycles. The van der Waals surface area contributed by atoms with Gasteiger partial charge >= 0.3 is 0 Å². The summed E-state index contributed by atoms with van der Waals surface area (Å²) in [5, 5.41) is 0. The van der Waals surface area contributed by atoms with Crippen molar-refractivity contribution in [3.8, 4) is 0 Å². The average molecular weight is 217 g/mol. The van der Waals surface area contributed by atoms with Gasteiger partial charge in [0.1, 0.15) is 0 Å². The lowest BCUT2D eigenvalue weighted by Gasteiger charge is -2.28. The van der Waals surface area contributed by atoms with Crippen LogP contribution < -0.4 is 0 Å². The molecule has 0 bridgehead atoms. The summed E-state index contributed by atoms with van der Waals surface area (Å²) < 4.78 is 0. The molecule has 0 aromatic carbocycles. The molecule has 2 nitrogen and oxygen atoms in total. The molecule has 0 saturated heterocycles. The molecule has 0 saturated carbocycles. The Kier molecular flexibility index (Phi) is 2.75. The van der Waals surface area contributed by atoms with E-state index in [9.17, 15) is 4.79 Å². The lowest BCUT2D eigenvalue weighted by atomic mass is 9.93. The minimum atomic E-state index is 0.0831. The van der Waals surface area contributed by atoms with E-state index in [2.05, 4.69) is 38.2 Å². The van der Waals surface area contributed by atoms with Crippen molar-refractivity contribution in [1.82, 2.24) is 4.90 Å². The quantitative estimate of drug-likeness (QED) is 0.610. The van der Waals surface area contributed by atoms with Crippen molar-refractivity contribution in [3.05, 3.63) is 35.6 Å². The third-order valence-corrected chi connectivity index (χ3v) is 3.21. The average Bonchev–Trinajstić information content (AvgIpc) is 2.38. The molecule has 0 aromatic heterocycles. The van der Waals surface area contributed by atoms with Gasteiger partial charge < -0.3 is 4.90 Å². The van der Waals surface area contributed by atoms with Crippen molar-refractivity contribution in [3.63, 3.8) is 0 Å². The number of nitrogens with zero attached hydrogens (tertiary/aromatic N) is 1. The SMILES string of the molecule is CC(=O)N1CCCC2=C1C=CC(C)(C)C=C2. The molecule has 0 atom stereocenters. The molecule has 0 unspecified atom stereocenters. The monoisotopic (exact) mass is 217 g/mol. The number of rotatable bonds is 0. The zero-order chi connectivity index (χ0) is 11.8. The van der Waals surface area contributed by atoms with Gasteiger partial charge in [-0.1, -0.05) is 32.1 Å². The molecular weight excluding hydrogens is 198 g/mol. The molecule has 0 spiro atoms. The highest BCUT2D eigenvalue weighted by atomic mass is 16.2. The van der Waals surface area contributed by atoms with Crippen molar-refractivity contribution in [2.24, 2.45) is 5.41 Å². The molecule has 0 N–H and O–H groups in total. The number of amides is 1. The van der Waals surface area contributed by atoms with E-state index in [0.29, 0.717) is 0 Å². The van der Waals surface area contributed by atoms with Crippen LogP contribution in [0.15, 0.2) is 35.6 Å². The van der Waals surface area contributed by atoms with E-state index in [0.717, 1.165) is 25.1 Å². The van der Waals surface area contributed by atoms with Crippen molar-refractivity contribution in [2.75, 3.05) is 6.54 Å². The molecule has 2 aliphatic rings. The minimum absolute atomic E-state index is 0.0831. The first-order valence-corrected chi connectivity index (χ1v) is 5.89. The maximum atomic E-state index is 11.6. The maximum Gasteiger partial charge on any atom is 0.223 e. The fourth-order valence-corrected chi connectivity index (χ4v) is 2.21. The molecular formula is C14H19NO. The Bertz CT molecular complexity index is 399. The first-order valence-electron chi connectivity index (χ1n) is 5.89. The zero-order valence-corrected chi connectivity index (χ0v) is 10.3. The molecule has 2 rings (SSSR count). The highest BCUT2D eigenvalue weighted by Crippen LogP contribution is 2.31. The second-order valence-electron chi connectivity index (χ2n) is 5.17. The van der Waals surface area contributed by atoms with Gasteiger partial charge in [-0.25, -0.2) is 0 Å². The Labute approximate surface area is 97.3 Å². The summed E-state index contributed by atoms with van der Waals surface area (Å²) in [6.45, 7) is 6.85. The molecule has 0 aromatic rings. The summed E-state index contributed by atoms with van der Waals surface area (Å²) in [6, 6.07) is 0. The van der Waals surface area contributed by atoms with Crippen molar-refractivity contribution >= 4 is 5.91 Å². The number of hydrogen-bond acceptors (Lipinski definition) is 1. The summed E-state index contributed by atoms with van der Waals surface area (Å²) in [5.74, 6) is 0.143. The zero-order valence-electron chi connectivity index (χ0n) is 10.3. The molecule has 86 valence electrons. The number of allylic oxidation sites excluding steroid dienone is 5. The van der Waals surface area contributed by atoms with Crippen LogP contribution >= 0.6 is 0 Å². The van der Waals surface area contributed by atoms with Crippen LogP contribution in [0.4, 0.5) is 0 Å². The fourth-order valence-electron chi connectivity index (χ4n) is 2.21. The van der Waals surface area contributed by atoms with E-state index in [-0.39, 0.29) is 11.3 Å².